The summed E-state index contributed by atoms with van der Waals surface area (Å²) >= 11 is 0. The molecule has 2 aromatic rings. The maximum atomic E-state index is 12.2. The number of benzene rings is 2. The number of non-ortho nitro benzene ring substituents is 1. The molecule has 0 saturated carbocycles. The Morgan fingerprint density at radius 1 is 1.15 bits per heavy atom. The number of methoxy groups -OCH3 is 1. The highest BCUT2D eigenvalue weighted by Gasteiger charge is 2.21. The minimum atomic E-state index is -1.07. The number of nitro groups is 1. The summed E-state index contributed by atoms with van der Waals surface area (Å²) in [6.07, 6.45) is -1.07. The normalized spacial score (nSPS) is 11.3. The number of amides is 1. The van der Waals surface area contributed by atoms with Crippen molar-refractivity contribution < 1.29 is 24.0 Å². The van der Waals surface area contributed by atoms with E-state index in [9.17, 15) is 19.7 Å². The summed E-state index contributed by atoms with van der Waals surface area (Å²) in [4.78, 5) is 34.5. The summed E-state index contributed by atoms with van der Waals surface area (Å²) in [6, 6.07) is 10.5. The minimum Gasteiger partial charge on any atom is -0.494 e. The quantitative estimate of drug-likeness (QED) is 0.483. The number of esters is 1. The van der Waals surface area contributed by atoms with Crippen LogP contribution in [0.15, 0.2) is 42.5 Å². The molecule has 0 saturated heterocycles. The molecule has 0 aromatic heterocycles. The Bertz CT molecular complexity index is 832. The topological polar surface area (TPSA) is 108 Å². The van der Waals surface area contributed by atoms with Crippen LogP contribution in [0.4, 0.5) is 11.4 Å². The summed E-state index contributed by atoms with van der Waals surface area (Å²) in [5.41, 5.74) is 1.40. The molecule has 0 aliphatic carbocycles. The van der Waals surface area contributed by atoms with E-state index in [4.69, 9.17) is 9.47 Å². The van der Waals surface area contributed by atoms with E-state index >= 15 is 0 Å². The lowest BCUT2D eigenvalue weighted by molar-refractivity contribution is -0.384. The third kappa shape index (κ3) is 4.56. The molecule has 0 aliphatic rings. The van der Waals surface area contributed by atoms with Gasteiger partial charge in [-0.05, 0) is 32.0 Å². The summed E-state index contributed by atoms with van der Waals surface area (Å²) in [6.45, 7) is 3.32. The van der Waals surface area contributed by atoms with Gasteiger partial charge in [-0.15, -0.1) is 0 Å². The van der Waals surface area contributed by atoms with E-state index in [2.05, 4.69) is 5.32 Å². The highest BCUT2D eigenvalue weighted by Crippen LogP contribution is 2.29. The number of nitrogens with one attached hydrogen (secondary N) is 1. The second-order valence-electron chi connectivity index (χ2n) is 5.54. The smallest absolute Gasteiger partial charge is 0.338 e. The fourth-order valence-corrected chi connectivity index (χ4v) is 2.10. The number of nitrogens with zero attached hydrogens (tertiary/aromatic N) is 1. The molecule has 1 N–H and O–H groups in total. The zero-order valence-corrected chi connectivity index (χ0v) is 14.5. The number of carbonyl (C=O) groups is 2. The molecule has 2 aromatic carbocycles. The van der Waals surface area contributed by atoms with Gasteiger partial charge in [-0.3, -0.25) is 14.9 Å². The Morgan fingerprint density at radius 2 is 1.81 bits per heavy atom. The minimum absolute atomic E-state index is 0.129. The lowest BCUT2D eigenvalue weighted by Gasteiger charge is -2.15. The molecular weight excluding hydrogens is 340 g/mol. The van der Waals surface area contributed by atoms with Crippen molar-refractivity contribution in [1.29, 1.82) is 0 Å². The highest BCUT2D eigenvalue weighted by molar-refractivity contribution is 5.98. The molecule has 0 unspecified atom stereocenters. The average molecular weight is 358 g/mol. The van der Waals surface area contributed by atoms with E-state index < -0.39 is 22.9 Å². The van der Waals surface area contributed by atoms with Crippen LogP contribution in [0.2, 0.25) is 0 Å². The molecular formula is C18H18N2O6. The molecule has 0 radical (unpaired) electrons. The molecule has 0 bridgehead atoms. The predicted octanol–water partition coefficient (Wildman–Crippen LogP) is 3.10. The van der Waals surface area contributed by atoms with Crippen LogP contribution in [0.25, 0.3) is 0 Å². The van der Waals surface area contributed by atoms with Crippen molar-refractivity contribution in [3.05, 3.63) is 63.7 Å². The molecule has 26 heavy (non-hydrogen) atoms. The Balaban J connectivity index is 2.05. The van der Waals surface area contributed by atoms with Crippen LogP contribution in [0.3, 0.4) is 0 Å². The van der Waals surface area contributed by atoms with Gasteiger partial charge in [0, 0.05) is 6.07 Å². The zero-order valence-electron chi connectivity index (χ0n) is 14.5. The maximum absolute atomic E-state index is 12.2. The molecule has 2 rings (SSSR count). The Morgan fingerprint density at radius 3 is 2.38 bits per heavy atom. The third-order valence-corrected chi connectivity index (χ3v) is 3.59. The first kappa shape index (κ1) is 18.9. The van der Waals surface area contributed by atoms with Crippen LogP contribution < -0.4 is 10.1 Å². The summed E-state index contributed by atoms with van der Waals surface area (Å²) in [5, 5.41) is 13.3. The molecule has 1 atom stereocenters. The van der Waals surface area contributed by atoms with Gasteiger partial charge in [0.25, 0.3) is 11.6 Å². The highest BCUT2D eigenvalue weighted by atomic mass is 16.6. The molecule has 1 amide bonds. The van der Waals surface area contributed by atoms with Crippen molar-refractivity contribution in [2.75, 3.05) is 12.4 Å². The first-order valence-corrected chi connectivity index (χ1v) is 7.72. The third-order valence-electron chi connectivity index (χ3n) is 3.59. The largest absolute Gasteiger partial charge is 0.494 e. The van der Waals surface area contributed by atoms with Gasteiger partial charge < -0.3 is 14.8 Å². The molecule has 0 fully saturated rings. The second kappa shape index (κ2) is 8.11. The van der Waals surface area contributed by atoms with Gasteiger partial charge >= 0.3 is 5.97 Å². The monoisotopic (exact) mass is 358 g/mol. The predicted molar refractivity (Wildman–Crippen MR) is 94.3 cm³/mol. The van der Waals surface area contributed by atoms with E-state index in [-0.39, 0.29) is 17.1 Å². The lowest BCUT2D eigenvalue weighted by atomic mass is 10.1. The summed E-state index contributed by atoms with van der Waals surface area (Å²) in [7, 11) is 1.33. The lowest BCUT2D eigenvalue weighted by Crippen LogP contribution is -2.30. The maximum Gasteiger partial charge on any atom is 0.338 e. The molecule has 0 spiro atoms. The Kier molecular flexibility index (Phi) is 5.90. The SMILES string of the molecule is COc1cc([N+](=O)[O-])ccc1NC(=O)[C@@H](C)OC(=O)c1ccc(C)cc1. The van der Waals surface area contributed by atoms with Crippen LogP contribution in [0, 0.1) is 17.0 Å². The van der Waals surface area contributed by atoms with Crippen molar-refractivity contribution in [1.82, 2.24) is 0 Å². The van der Waals surface area contributed by atoms with Crippen molar-refractivity contribution in [2.45, 2.75) is 20.0 Å². The molecule has 0 heterocycles. The van der Waals surface area contributed by atoms with Gasteiger partial charge in [0.2, 0.25) is 0 Å². The number of nitro benzene ring substituents is 1. The average Bonchev–Trinajstić information content (AvgIpc) is 2.62. The van der Waals surface area contributed by atoms with Gasteiger partial charge in [0.15, 0.2) is 6.10 Å². The zero-order chi connectivity index (χ0) is 19.3. The number of carbonyl (C=O) groups excluding carboxylic acids is 2. The van der Waals surface area contributed by atoms with Gasteiger partial charge in [-0.25, -0.2) is 4.79 Å². The number of rotatable bonds is 6. The number of anilines is 1. The Hall–Kier alpha value is -3.42. The molecule has 8 heteroatoms. The van der Waals surface area contributed by atoms with Crippen molar-refractivity contribution in [3.63, 3.8) is 0 Å². The standard InChI is InChI=1S/C18H18N2O6/c1-11-4-6-13(7-5-11)18(22)26-12(2)17(21)19-15-9-8-14(20(23)24)10-16(15)25-3/h4-10,12H,1-3H3,(H,19,21)/t12-/m1/s1. The van der Waals surface area contributed by atoms with E-state index in [1.807, 2.05) is 6.92 Å². The number of hydrogen-bond acceptors (Lipinski definition) is 6. The van der Waals surface area contributed by atoms with E-state index in [0.29, 0.717) is 5.56 Å². The summed E-state index contributed by atoms with van der Waals surface area (Å²) in [5.74, 6) is -1.08. The summed E-state index contributed by atoms with van der Waals surface area (Å²) < 4.78 is 10.2. The molecule has 8 nitrogen and oxygen atoms in total. The van der Waals surface area contributed by atoms with Crippen LogP contribution >= 0.6 is 0 Å². The fraction of sp³-hybridized carbons (Fsp3) is 0.222. The number of aryl methyl sites for hydroxylation is 1. The van der Waals surface area contributed by atoms with Gasteiger partial charge in [-0.2, -0.15) is 0 Å². The van der Waals surface area contributed by atoms with Crippen molar-refractivity contribution >= 4 is 23.3 Å². The second-order valence-corrected chi connectivity index (χ2v) is 5.54. The first-order chi connectivity index (χ1) is 12.3. The van der Waals surface area contributed by atoms with E-state index in [1.54, 1.807) is 24.3 Å². The molecule has 0 aliphatic heterocycles. The van der Waals surface area contributed by atoms with Crippen LogP contribution in [-0.2, 0) is 9.53 Å². The van der Waals surface area contributed by atoms with Gasteiger partial charge in [0.05, 0.1) is 29.4 Å². The number of ether oxygens (including phenoxy) is 2. The first-order valence-electron chi connectivity index (χ1n) is 7.72. The number of hydrogen-bond donors (Lipinski definition) is 1. The van der Waals surface area contributed by atoms with Gasteiger partial charge in [0.1, 0.15) is 5.75 Å². The van der Waals surface area contributed by atoms with E-state index in [0.717, 1.165) is 5.56 Å². The van der Waals surface area contributed by atoms with Crippen LogP contribution in [0.5, 0.6) is 5.75 Å². The van der Waals surface area contributed by atoms with Gasteiger partial charge in [-0.1, -0.05) is 17.7 Å². The fourth-order valence-electron chi connectivity index (χ4n) is 2.10. The van der Waals surface area contributed by atoms with Crippen molar-refractivity contribution in [2.24, 2.45) is 0 Å². The van der Waals surface area contributed by atoms with Crippen molar-refractivity contribution in [3.8, 4) is 5.75 Å². The Labute approximate surface area is 149 Å². The van der Waals surface area contributed by atoms with E-state index in [1.165, 1.54) is 32.2 Å². The van der Waals surface area contributed by atoms with Crippen LogP contribution in [0.1, 0.15) is 22.8 Å². The molecule has 136 valence electrons. The van der Waals surface area contributed by atoms with Crippen LogP contribution in [-0.4, -0.2) is 30.0 Å².